The molecular formula is C12H14Cl2O2S. The van der Waals surface area contributed by atoms with Gasteiger partial charge in [0.15, 0.2) is 0 Å². The molecule has 94 valence electrons. The first kappa shape index (κ1) is 14.7. The Balaban J connectivity index is 2.89. The number of carbonyl (C=O) groups is 1. The first-order valence-corrected chi connectivity index (χ1v) is 7.01. The Labute approximate surface area is 115 Å². The molecule has 1 aromatic carbocycles. The molecule has 0 saturated heterocycles. The van der Waals surface area contributed by atoms with Crippen LogP contribution in [0.5, 0.6) is 0 Å². The van der Waals surface area contributed by atoms with Crippen molar-refractivity contribution >= 4 is 40.9 Å². The summed E-state index contributed by atoms with van der Waals surface area (Å²) in [6.45, 7) is 4.11. The summed E-state index contributed by atoms with van der Waals surface area (Å²) in [6, 6.07) is 4.96. The summed E-state index contributed by atoms with van der Waals surface area (Å²) in [5, 5.41) is 9.44. The first-order chi connectivity index (χ1) is 7.91. The number of halogens is 2. The van der Waals surface area contributed by atoms with E-state index < -0.39 is 11.2 Å². The van der Waals surface area contributed by atoms with Crippen molar-refractivity contribution in [1.29, 1.82) is 0 Å². The summed E-state index contributed by atoms with van der Waals surface area (Å²) < 4.78 is 0. The number of thioether (sulfide) groups is 1. The van der Waals surface area contributed by atoms with Crippen LogP contribution in [0.15, 0.2) is 18.2 Å². The number of aliphatic carboxylic acids is 1. The highest BCUT2D eigenvalue weighted by Crippen LogP contribution is 2.34. The van der Waals surface area contributed by atoms with Crippen LogP contribution in [0.2, 0.25) is 10.0 Å². The van der Waals surface area contributed by atoms with Crippen LogP contribution in [0.25, 0.3) is 0 Å². The van der Waals surface area contributed by atoms with Gasteiger partial charge in [-0.3, -0.25) is 4.79 Å². The summed E-state index contributed by atoms with van der Waals surface area (Å²) >= 11 is 13.1. The van der Waals surface area contributed by atoms with Gasteiger partial charge in [-0.15, -0.1) is 11.8 Å². The number of benzene rings is 1. The molecule has 0 aliphatic heterocycles. The number of carboxylic acids is 1. The molecule has 1 atom stereocenters. The van der Waals surface area contributed by atoms with Crippen LogP contribution in [0.3, 0.4) is 0 Å². The van der Waals surface area contributed by atoms with Crippen molar-refractivity contribution in [2.75, 3.05) is 5.75 Å². The Morgan fingerprint density at radius 2 is 2.00 bits per heavy atom. The Kier molecular flexibility index (Phi) is 5.63. The van der Waals surface area contributed by atoms with Crippen LogP contribution < -0.4 is 0 Å². The van der Waals surface area contributed by atoms with Crippen molar-refractivity contribution in [3.05, 3.63) is 33.8 Å². The second-order valence-electron chi connectivity index (χ2n) is 4.12. The molecule has 0 aliphatic rings. The van der Waals surface area contributed by atoms with Crippen LogP contribution in [0, 0.1) is 5.92 Å². The predicted molar refractivity (Wildman–Crippen MR) is 74.1 cm³/mol. The summed E-state index contributed by atoms with van der Waals surface area (Å²) in [5.41, 5.74) is 0.678. The number of carboxylic acid groups (broad SMARTS) is 1. The lowest BCUT2D eigenvalue weighted by Gasteiger charge is -2.14. The molecule has 0 heterocycles. The molecule has 0 saturated carbocycles. The minimum atomic E-state index is -0.853. The lowest BCUT2D eigenvalue weighted by molar-refractivity contribution is -0.136. The zero-order chi connectivity index (χ0) is 13.0. The fourth-order valence-electron chi connectivity index (χ4n) is 1.27. The van der Waals surface area contributed by atoms with Gasteiger partial charge >= 0.3 is 5.97 Å². The minimum absolute atomic E-state index is 0.389. The molecule has 0 fully saturated rings. The van der Waals surface area contributed by atoms with Crippen molar-refractivity contribution in [3.8, 4) is 0 Å². The summed E-state index contributed by atoms with van der Waals surface area (Å²) in [7, 11) is 0. The van der Waals surface area contributed by atoms with Gasteiger partial charge in [-0.25, -0.2) is 0 Å². The molecule has 5 heteroatoms. The van der Waals surface area contributed by atoms with Crippen molar-refractivity contribution in [1.82, 2.24) is 0 Å². The van der Waals surface area contributed by atoms with E-state index >= 15 is 0 Å². The van der Waals surface area contributed by atoms with Gasteiger partial charge in [0.1, 0.15) is 5.25 Å². The lowest BCUT2D eigenvalue weighted by atomic mass is 10.1. The summed E-state index contributed by atoms with van der Waals surface area (Å²) in [5.74, 6) is 0.385. The first-order valence-electron chi connectivity index (χ1n) is 5.21. The normalized spacial score (nSPS) is 12.8. The monoisotopic (exact) mass is 292 g/mol. The molecule has 0 aliphatic carbocycles. The van der Waals surface area contributed by atoms with Crippen LogP contribution in [0.1, 0.15) is 24.7 Å². The van der Waals surface area contributed by atoms with Crippen LogP contribution in [0.4, 0.5) is 0 Å². The third-order valence-corrected chi connectivity index (χ3v) is 4.47. The van der Waals surface area contributed by atoms with Crippen LogP contribution in [-0.2, 0) is 4.79 Å². The van der Waals surface area contributed by atoms with Crippen LogP contribution >= 0.6 is 35.0 Å². The van der Waals surface area contributed by atoms with E-state index in [9.17, 15) is 9.90 Å². The van der Waals surface area contributed by atoms with Gasteiger partial charge in [-0.1, -0.05) is 43.1 Å². The summed E-state index contributed by atoms with van der Waals surface area (Å²) in [4.78, 5) is 11.2. The van der Waals surface area contributed by atoms with E-state index in [1.54, 1.807) is 18.2 Å². The molecule has 2 nitrogen and oxygen atoms in total. The van der Waals surface area contributed by atoms with E-state index in [-0.39, 0.29) is 0 Å². The van der Waals surface area contributed by atoms with E-state index in [1.165, 1.54) is 11.8 Å². The fourth-order valence-corrected chi connectivity index (χ4v) is 2.64. The molecule has 0 spiro atoms. The number of hydrogen-bond acceptors (Lipinski definition) is 2. The Hall–Kier alpha value is -0.380. The van der Waals surface area contributed by atoms with E-state index in [0.717, 1.165) is 5.75 Å². The molecule has 1 unspecified atom stereocenters. The Morgan fingerprint density at radius 3 is 2.47 bits per heavy atom. The maximum Gasteiger partial charge on any atom is 0.321 e. The smallest absolute Gasteiger partial charge is 0.321 e. The molecule has 0 radical (unpaired) electrons. The second kappa shape index (κ2) is 6.53. The number of rotatable bonds is 5. The standard InChI is InChI=1S/C12H14Cl2O2S/c1-7(2)6-17-11(12(15)16)8-3-4-9(13)10(14)5-8/h3-5,7,11H,6H2,1-2H3,(H,15,16). The Bertz CT molecular complexity index is 407. The van der Waals surface area contributed by atoms with Crippen molar-refractivity contribution in [2.24, 2.45) is 5.92 Å². The molecule has 1 rings (SSSR count). The molecule has 1 N–H and O–H groups in total. The highest BCUT2D eigenvalue weighted by molar-refractivity contribution is 8.00. The van der Waals surface area contributed by atoms with Gasteiger partial charge < -0.3 is 5.11 Å². The molecule has 1 aromatic rings. The zero-order valence-electron chi connectivity index (χ0n) is 9.61. The average molecular weight is 293 g/mol. The van der Waals surface area contributed by atoms with E-state index in [2.05, 4.69) is 13.8 Å². The van der Waals surface area contributed by atoms with Gasteiger partial charge in [0.2, 0.25) is 0 Å². The number of hydrogen-bond donors (Lipinski definition) is 1. The lowest BCUT2D eigenvalue weighted by Crippen LogP contribution is -2.10. The van der Waals surface area contributed by atoms with Gasteiger partial charge in [-0.05, 0) is 29.4 Å². The maximum atomic E-state index is 11.2. The minimum Gasteiger partial charge on any atom is -0.480 e. The fraction of sp³-hybridized carbons (Fsp3) is 0.417. The topological polar surface area (TPSA) is 37.3 Å². The van der Waals surface area contributed by atoms with Gasteiger partial charge in [0.25, 0.3) is 0 Å². The zero-order valence-corrected chi connectivity index (χ0v) is 11.9. The van der Waals surface area contributed by atoms with Crippen molar-refractivity contribution < 1.29 is 9.90 Å². The van der Waals surface area contributed by atoms with E-state index in [4.69, 9.17) is 23.2 Å². The molecule has 17 heavy (non-hydrogen) atoms. The van der Waals surface area contributed by atoms with Crippen molar-refractivity contribution in [3.63, 3.8) is 0 Å². The highest BCUT2D eigenvalue weighted by Gasteiger charge is 2.21. The third-order valence-electron chi connectivity index (χ3n) is 2.07. The van der Waals surface area contributed by atoms with E-state index in [0.29, 0.717) is 21.5 Å². The largest absolute Gasteiger partial charge is 0.480 e. The Morgan fingerprint density at radius 1 is 1.35 bits per heavy atom. The van der Waals surface area contributed by atoms with Gasteiger partial charge in [-0.2, -0.15) is 0 Å². The molecule has 0 amide bonds. The maximum absolute atomic E-state index is 11.2. The van der Waals surface area contributed by atoms with Crippen molar-refractivity contribution in [2.45, 2.75) is 19.1 Å². The third kappa shape index (κ3) is 4.41. The van der Waals surface area contributed by atoms with E-state index in [1.807, 2.05) is 0 Å². The van der Waals surface area contributed by atoms with Gasteiger partial charge in [0.05, 0.1) is 10.0 Å². The second-order valence-corrected chi connectivity index (χ2v) is 6.07. The highest BCUT2D eigenvalue weighted by atomic mass is 35.5. The summed E-state index contributed by atoms with van der Waals surface area (Å²) in [6.07, 6.45) is 0. The SMILES string of the molecule is CC(C)CSC(C(=O)O)c1ccc(Cl)c(Cl)c1. The van der Waals surface area contributed by atoms with Crippen LogP contribution in [-0.4, -0.2) is 16.8 Å². The molecule has 0 aromatic heterocycles. The average Bonchev–Trinajstić information content (AvgIpc) is 2.22. The molecular weight excluding hydrogens is 279 g/mol. The quantitative estimate of drug-likeness (QED) is 0.868. The van der Waals surface area contributed by atoms with Gasteiger partial charge in [0, 0.05) is 0 Å². The predicted octanol–water partition coefficient (Wildman–Crippen LogP) is 4.51. The molecule has 0 bridgehead atoms.